The van der Waals surface area contributed by atoms with Gasteiger partial charge in [-0.15, -0.1) is 0 Å². The SMILES string of the molecule is CCOC(=O)c1ccc(O)c([C@H](CC(=O)N(C(C)C)C(C)C)c2ccccc2)c1. The maximum absolute atomic E-state index is 13.2. The van der Waals surface area contributed by atoms with E-state index in [-0.39, 0.29) is 42.7 Å². The van der Waals surface area contributed by atoms with E-state index >= 15 is 0 Å². The molecule has 5 heteroatoms. The molecule has 2 rings (SSSR count). The largest absolute Gasteiger partial charge is 0.508 e. The van der Waals surface area contributed by atoms with Gasteiger partial charge in [-0.1, -0.05) is 30.3 Å². The summed E-state index contributed by atoms with van der Waals surface area (Å²) in [6.45, 7) is 10.00. The van der Waals surface area contributed by atoms with Crippen LogP contribution in [-0.2, 0) is 9.53 Å². The van der Waals surface area contributed by atoms with Gasteiger partial charge < -0.3 is 14.7 Å². The summed E-state index contributed by atoms with van der Waals surface area (Å²) in [5.74, 6) is -0.763. The molecule has 2 aromatic carbocycles. The predicted octanol–water partition coefficient (Wildman–Crippen LogP) is 4.74. The van der Waals surface area contributed by atoms with E-state index in [2.05, 4.69) is 0 Å². The smallest absolute Gasteiger partial charge is 0.338 e. The van der Waals surface area contributed by atoms with E-state index in [4.69, 9.17) is 4.74 Å². The number of phenols is 1. The van der Waals surface area contributed by atoms with Crippen molar-refractivity contribution in [3.05, 3.63) is 65.2 Å². The van der Waals surface area contributed by atoms with Gasteiger partial charge in [0, 0.05) is 30.0 Å². The molecule has 5 nitrogen and oxygen atoms in total. The van der Waals surface area contributed by atoms with E-state index in [9.17, 15) is 14.7 Å². The number of nitrogens with zero attached hydrogens (tertiary/aromatic N) is 1. The van der Waals surface area contributed by atoms with Crippen molar-refractivity contribution in [1.82, 2.24) is 4.90 Å². The number of hydrogen-bond acceptors (Lipinski definition) is 4. The molecule has 0 spiro atoms. The Hall–Kier alpha value is -2.82. The van der Waals surface area contributed by atoms with Crippen LogP contribution in [0.4, 0.5) is 0 Å². The zero-order chi connectivity index (χ0) is 21.6. The Morgan fingerprint density at radius 1 is 1.00 bits per heavy atom. The molecule has 0 aliphatic heterocycles. The molecule has 0 fully saturated rings. The minimum atomic E-state index is -0.446. The third-order valence-corrected chi connectivity index (χ3v) is 4.90. The number of ether oxygens (including phenoxy) is 1. The lowest BCUT2D eigenvalue weighted by Gasteiger charge is -2.32. The maximum Gasteiger partial charge on any atom is 0.338 e. The molecule has 29 heavy (non-hydrogen) atoms. The molecule has 0 saturated carbocycles. The van der Waals surface area contributed by atoms with Crippen LogP contribution in [0.15, 0.2) is 48.5 Å². The van der Waals surface area contributed by atoms with Crippen molar-refractivity contribution in [2.24, 2.45) is 0 Å². The average molecular weight is 398 g/mol. The van der Waals surface area contributed by atoms with E-state index < -0.39 is 5.97 Å². The van der Waals surface area contributed by atoms with Crippen LogP contribution in [-0.4, -0.2) is 40.6 Å². The predicted molar refractivity (Wildman–Crippen MR) is 114 cm³/mol. The number of aromatic hydroxyl groups is 1. The number of esters is 1. The molecule has 0 bridgehead atoms. The van der Waals surface area contributed by atoms with Crippen LogP contribution in [0.25, 0.3) is 0 Å². The van der Waals surface area contributed by atoms with Crippen molar-refractivity contribution in [2.45, 2.75) is 59.0 Å². The number of rotatable bonds is 8. The molecule has 0 aliphatic rings. The Bertz CT molecular complexity index is 822. The van der Waals surface area contributed by atoms with Gasteiger partial charge in [0.05, 0.1) is 12.2 Å². The first kappa shape index (κ1) is 22.5. The zero-order valence-electron chi connectivity index (χ0n) is 17.9. The number of hydrogen-bond donors (Lipinski definition) is 1. The van der Waals surface area contributed by atoms with Gasteiger partial charge in [0.1, 0.15) is 5.75 Å². The van der Waals surface area contributed by atoms with Gasteiger partial charge in [-0.05, 0) is 58.4 Å². The number of carbonyl (C=O) groups excluding carboxylic acids is 2. The molecule has 0 saturated heterocycles. The Kier molecular flexibility index (Phi) is 7.82. The molecule has 0 aliphatic carbocycles. The Balaban J connectivity index is 2.49. The van der Waals surface area contributed by atoms with Crippen LogP contribution in [0.1, 0.15) is 68.4 Å². The molecule has 2 aromatic rings. The monoisotopic (exact) mass is 397 g/mol. The summed E-state index contributed by atoms with van der Waals surface area (Å²) in [5, 5.41) is 10.6. The van der Waals surface area contributed by atoms with Gasteiger partial charge in [-0.2, -0.15) is 0 Å². The van der Waals surface area contributed by atoms with E-state index in [0.717, 1.165) is 5.56 Å². The lowest BCUT2D eigenvalue weighted by atomic mass is 9.86. The highest BCUT2D eigenvalue weighted by Crippen LogP contribution is 2.35. The van der Waals surface area contributed by atoms with E-state index in [1.54, 1.807) is 13.0 Å². The third kappa shape index (κ3) is 5.59. The Morgan fingerprint density at radius 3 is 2.17 bits per heavy atom. The summed E-state index contributed by atoms with van der Waals surface area (Å²) in [6.07, 6.45) is 0.195. The van der Waals surface area contributed by atoms with Gasteiger partial charge in [0.25, 0.3) is 0 Å². The Morgan fingerprint density at radius 2 is 1.62 bits per heavy atom. The average Bonchev–Trinajstić information content (AvgIpc) is 2.67. The summed E-state index contributed by atoms with van der Waals surface area (Å²) in [6, 6.07) is 14.4. The Labute approximate surface area is 173 Å². The lowest BCUT2D eigenvalue weighted by Crippen LogP contribution is -2.42. The van der Waals surface area contributed by atoms with Crippen molar-refractivity contribution in [3.63, 3.8) is 0 Å². The molecule has 1 N–H and O–H groups in total. The first-order valence-electron chi connectivity index (χ1n) is 10.1. The summed E-state index contributed by atoms with van der Waals surface area (Å²) < 4.78 is 5.09. The molecule has 1 atom stereocenters. The van der Waals surface area contributed by atoms with Crippen LogP contribution in [0.2, 0.25) is 0 Å². The minimum Gasteiger partial charge on any atom is -0.508 e. The van der Waals surface area contributed by atoms with Gasteiger partial charge in [-0.25, -0.2) is 4.79 Å². The van der Waals surface area contributed by atoms with Crippen LogP contribution in [0.3, 0.4) is 0 Å². The highest BCUT2D eigenvalue weighted by Gasteiger charge is 2.27. The normalized spacial score (nSPS) is 12.1. The van der Waals surface area contributed by atoms with Crippen molar-refractivity contribution in [1.29, 1.82) is 0 Å². The molecular formula is C24H31NO4. The van der Waals surface area contributed by atoms with Crippen LogP contribution >= 0.6 is 0 Å². The first-order chi connectivity index (χ1) is 13.8. The van der Waals surface area contributed by atoms with Crippen molar-refractivity contribution in [2.75, 3.05) is 6.61 Å². The maximum atomic E-state index is 13.2. The minimum absolute atomic E-state index is 0.00444. The molecule has 0 aromatic heterocycles. The van der Waals surface area contributed by atoms with Crippen LogP contribution < -0.4 is 0 Å². The summed E-state index contributed by atoms with van der Waals surface area (Å²) in [7, 11) is 0. The number of amides is 1. The van der Waals surface area contributed by atoms with Gasteiger partial charge in [0.15, 0.2) is 0 Å². The molecule has 1 amide bonds. The lowest BCUT2D eigenvalue weighted by molar-refractivity contribution is -0.135. The van der Waals surface area contributed by atoms with Crippen molar-refractivity contribution in [3.8, 4) is 5.75 Å². The van der Waals surface area contributed by atoms with E-state index in [1.807, 2.05) is 62.9 Å². The highest BCUT2D eigenvalue weighted by molar-refractivity contribution is 5.90. The molecule has 156 valence electrons. The standard InChI is InChI=1S/C24H31NO4/c1-6-29-24(28)19-12-13-22(26)21(14-19)20(18-10-8-7-9-11-18)15-23(27)25(16(2)3)17(4)5/h7-14,16-17,20,26H,6,15H2,1-5H3/t20-/m1/s1. The van der Waals surface area contributed by atoms with Crippen LogP contribution in [0, 0.1) is 0 Å². The second-order valence-electron chi connectivity index (χ2n) is 7.65. The zero-order valence-corrected chi connectivity index (χ0v) is 17.9. The van der Waals surface area contributed by atoms with E-state index in [1.165, 1.54) is 12.1 Å². The van der Waals surface area contributed by atoms with E-state index in [0.29, 0.717) is 11.1 Å². The fourth-order valence-corrected chi connectivity index (χ4v) is 3.72. The topological polar surface area (TPSA) is 66.8 Å². The van der Waals surface area contributed by atoms with Gasteiger partial charge >= 0.3 is 5.97 Å². The number of benzene rings is 2. The third-order valence-electron chi connectivity index (χ3n) is 4.90. The molecule has 0 radical (unpaired) electrons. The van der Waals surface area contributed by atoms with Crippen LogP contribution in [0.5, 0.6) is 5.75 Å². The summed E-state index contributed by atoms with van der Waals surface area (Å²) >= 11 is 0. The van der Waals surface area contributed by atoms with Gasteiger partial charge in [0.2, 0.25) is 5.91 Å². The highest BCUT2D eigenvalue weighted by atomic mass is 16.5. The number of carbonyl (C=O) groups is 2. The second-order valence-corrected chi connectivity index (χ2v) is 7.65. The summed E-state index contributed by atoms with van der Waals surface area (Å²) in [5.41, 5.74) is 1.81. The van der Waals surface area contributed by atoms with Crippen molar-refractivity contribution < 1.29 is 19.4 Å². The second kappa shape index (κ2) is 10.1. The molecule has 0 unspecified atom stereocenters. The molecular weight excluding hydrogens is 366 g/mol. The van der Waals surface area contributed by atoms with Crippen molar-refractivity contribution >= 4 is 11.9 Å². The number of phenolic OH excluding ortho intramolecular Hbond substituents is 1. The quantitative estimate of drug-likeness (QED) is 0.654. The summed E-state index contributed by atoms with van der Waals surface area (Å²) in [4.78, 5) is 27.2. The fourth-order valence-electron chi connectivity index (χ4n) is 3.72. The first-order valence-corrected chi connectivity index (χ1v) is 10.1. The fraction of sp³-hybridized carbons (Fsp3) is 0.417. The van der Waals surface area contributed by atoms with Gasteiger partial charge in [-0.3, -0.25) is 4.79 Å². The molecule has 0 heterocycles.